The van der Waals surface area contributed by atoms with Gasteiger partial charge in [-0.05, 0) is 58.5 Å². The average molecular weight is 366 g/mol. The van der Waals surface area contributed by atoms with E-state index in [2.05, 4.69) is 38.0 Å². The number of aryl methyl sites for hydroxylation is 1. The second kappa shape index (κ2) is 7.63. The summed E-state index contributed by atoms with van der Waals surface area (Å²) in [6, 6.07) is 0. The molecule has 2 heterocycles. The standard InChI is InChI=1S/C20H35N3OS/c1-15-22-18(17(25-15)12-23(5)11-10-21-4)16-6-8-20(9-7-16)13-19(2,3)14-24-20/h16,21H,6-14H2,1-5H3/t16-,20+. The maximum atomic E-state index is 6.29. The van der Waals surface area contributed by atoms with Gasteiger partial charge in [0.2, 0.25) is 0 Å². The molecular weight excluding hydrogens is 330 g/mol. The van der Waals surface area contributed by atoms with E-state index < -0.39 is 0 Å². The number of likely N-dealkylation sites (N-methyl/N-ethyl adjacent to an activating group) is 2. The molecule has 1 aliphatic carbocycles. The predicted molar refractivity (Wildman–Crippen MR) is 105 cm³/mol. The summed E-state index contributed by atoms with van der Waals surface area (Å²) in [5, 5.41) is 4.45. The van der Waals surface area contributed by atoms with Crippen molar-refractivity contribution >= 4 is 11.3 Å². The normalized spacial score (nSPS) is 29.0. The molecule has 0 amide bonds. The van der Waals surface area contributed by atoms with E-state index in [0.29, 0.717) is 11.3 Å². The Morgan fingerprint density at radius 3 is 2.64 bits per heavy atom. The summed E-state index contributed by atoms with van der Waals surface area (Å²) in [6.07, 6.45) is 6.08. The van der Waals surface area contributed by atoms with Crippen molar-refractivity contribution in [1.82, 2.24) is 15.2 Å². The van der Waals surface area contributed by atoms with Crippen LogP contribution in [0, 0.1) is 12.3 Å². The zero-order chi connectivity index (χ0) is 18.1. The van der Waals surface area contributed by atoms with Gasteiger partial charge in [-0.25, -0.2) is 4.98 Å². The summed E-state index contributed by atoms with van der Waals surface area (Å²) in [6.45, 7) is 10.9. The third kappa shape index (κ3) is 4.62. The van der Waals surface area contributed by atoms with Crippen molar-refractivity contribution in [2.24, 2.45) is 5.41 Å². The van der Waals surface area contributed by atoms with E-state index in [1.807, 2.05) is 18.4 Å². The van der Waals surface area contributed by atoms with E-state index in [1.54, 1.807) is 0 Å². The first-order chi connectivity index (χ1) is 11.8. The van der Waals surface area contributed by atoms with Crippen LogP contribution in [0.15, 0.2) is 0 Å². The van der Waals surface area contributed by atoms with E-state index in [4.69, 9.17) is 9.72 Å². The molecule has 2 aliphatic rings. The summed E-state index contributed by atoms with van der Waals surface area (Å²) in [4.78, 5) is 8.83. The molecule has 1 saturated carbocycles. The highest BCUT2D eigenvalue weighted by atomic mass is 32.1. The first-order valence-electron chi connectivity index (χ1n) is 9.76. The van der Waals surface area contributed by atoms with Crippen molar-refractivity contribution in [3.05, 3.63) is 15.6 Å². The van der Waals surface area contributed by atoms with Crippen LogP contribution in [-0.2, 0) is 11.3 Å². The van der Waals surface area contributed by atoms with Crippen LogP contribution in [0.25, 0.3) is 0 Å². The molecule has 1 spiro atoms. The van der Waals surface area contributed by atoms with Crippen LogP contribution in [0.5, 0.6) is 0 Å². The second-order valence-corrected chi connectivity index (χ2v) is 10.3. The van der Waals surface area contributed by atoms with Gasteiger partial charge in [-0.1, -0.05) is 13.8 Å². The van der Waals surface area contributed by atoms with Crippen LogP contribution in [-0.4, -0.2) is 49.3 Å². The molecule has 0 radical (unpaired) electrons. The van der Waals surface area contributed by atoms with Crippen LogP contribution in [0.2, 0.25) is 0 Å². The third-order valence-corrected chi connectivity index (χ3v) is 6.82. The summed E-state index contributed by atoms with van der Waals surface area (Å²) in [5.74, 6) is 0.621. The highest BCUT2D eigenvalue weighted by Gasteiger charge is 2.46. The number of nitrogens with zero attached hydrogens (tertiary/aromatic N) is 2. The minimum Gasteiger partial charge on any atom is -0.374 e. The lowest BCUT2D eigenvalue weighted by Gasteiger charge is -2.37. The molecule has 5 heteroatoms. The largest absolute Gasteiger partial charge is 0.374 e. The number of nitrogens with one attached hydrogen (secondary N) is 1. The first-order valence-corrected chi connectivity index (χ1v) is 10.6. The molecule has 4 nitrogen and oxygen atoms in total. The van der Waals surface area contributed by atoms with E-state index in [1.165, 1.54) is 47.7 Å². The van der Waals surface area contributed by atoms with Gasteiger partial charge in [0.15, 0.2) is 0 Å². The van der Waals surface area contributed by atoms with E-state index in [9.17, 15) is 0 Å². The Labute approximate surface area is 157 Å². The van der Waals surface area contributed by atoms with Crippen LogP contribution < -0.4 is 5.32 Å². The van der Waals surface area contributed by atoms with Crippen molar-refractivity contribution in [2.75, 3.05) is 33.8 Å². The van der Waals surface area contributed by atoms with Gasteiger partial charge in [-0.3, -0.25) is 4.90 Å². The fraction of sp³-hybridized carbons (Fsp3) is 0.850. The molecule has 1 saturated heterocycles. The Balaban J connectivity index is 1.63. The van der Waals surface area contributed by atoms with Gasteiger partial charge in [0.25, 0.3) is 0 Å². The number of rotatable bonds is 6. The van der Waals surface area contributed by atoms with Gasteiger partial charge in [0.05, 0.1) is 22.9 Å². The zero-order valence-corrected chi connectivity index (χ0v) is 17.5. The minimum absolute atomic E-state index is 0.162. The molecule has 0 unspecified atom stereocenters. The Morgan fingerprint density at radius 2 is 2.04 bits per heavy atom. The first kappa shape index (κ1) is 19.3. The third-order valence-electron chi connectivity index (χ3n) is 5.84. The highest BCUT2D eigenvalue weighted by Crippen LogP contribution is 2.50. The molecule has 1 aromatic heterocycles. The molecular formula is C20H35N3OS. The SMILES string of the molecule is CNCCN(C)Cc1sc(C)nc1[C@H]1CC[C@@]2(CC1)CC(C)(C)CO2. The van der Waals surface area contributed by atoms with Crippen molar-refractivity contribution in [2.45, 2.75) is 70.9 Å². The van der Waals surface area contributed by atoms with Crippen molar-refractivity contribution in [3.63, 3.8) is 0 Å². The fourth-order valence-electron chi connectivity index (χ4n) is 4.61. The summed E-state index contributed by atoms with van der Waals surface area (Å²) < 4.78 is 6.29. The van der Waals surface area contributed by atoms with Gasteiger partial charge in [0.1, 0.15) is 0 Å². The van der Waals surface area contributed by atoms with Crippen LogP contribution >= 0.6 is 11.3 Å². The van der Waals surface area contributed by atoms with Gasteiger partial charge in [-0.2, -0.15) is 0 Å². The monoisotopic (exact) mass is 365 g/mol. The lowest BCUT2D eigenvalue weighted by molar-refractivity contribution is -0.0296. The summed E-state index contributed by atoms with van der Waals surface area (Å²) in [7, 11) is 4.22. The lowest BCUT2D eigenvalue weighted by atomic mass is 9.72. The van der Waals surface area contributed by atoms with Crippen LogP contribution in [0.1, 0.15) is 67.4 Å². The zero-order valence-electron chi connectivity index (χ0n) is 16.7. The highest BCUT2D eigenvalue weighted by molar-refractivity contribution is 7.11. The second-order valence-electron chi connectivity index (χ2n) is 8.97. The summed E-state index contributed by atoms with van der Waals surface area (Å²) in [5.41, 5.74) is 1.89. The van der Waals surface area contributed by atoms with Gasteiger partial charge < -0.3 is 10.1 Å². The average Bonchev–Trinajstić information content (AvgIpc) is 3.06. The lowest BCUT2D eigenvalue weighted by Crippen LogP contribution is -2.34. The van der Waals surface area contributed by atoms with Gasteiger partial charge in [0, 0.05) is 30.4 Å². The molecule has 0 bridgehead atoms. The minimum atomic E-state index is 0.162. The molecule has 142 valence electrons. The van der Waals surface area contributed by atoms with E-state index in [-0.39, 0.29) is 5.60 Å². The Hall–Kier alpha value is -0.490. The predicted octanol–water partition coefficient (Wildman–Crippen LogP) is 3.95. The van der Waals surface area contributed by atoms with Crippen molar-refractivity contribution < 1.29 is 4.74 Å². The van der Waals surface area contributed by atoms with E-state index >= 15 is 0 Å². The molecule has 1 aromatic rings. The molecule has 25 heavy (non-hydrogen) atoms. The van der Waals surface area contributed by atoms with Gasteiger partial charge in [-0.15, -0.1) is 11.3 Å². The Morgan fingerprint density at radius 1 is 1.32 bits per heavy atom. The number of aromatic nitrogens is 1. The number of ether oxygens (including phenoxy) is 1. The molecule has 3 rings (SSSR count). The smallest absolute Gasteiger partial charge is 0.0900 e. The molecule has 2 fully saturated rings. The number of hydrogen-bond acceptors (Lipinski definition) is 5. The quantitative estimate of drug-likeness (QED) is 0.828. The van der Waals surface area contributed by atoms with Crippen molar-refractivity contribution in [3.8, 4) is 0 Å². The Bertz CT molecular complexity index is 575. The maximum absolute atomic E-state index is 6.29. The van der Waals surface area contributed by atoms with Crippen LogP contribution in [0.3, 0.4) is 0 Å². The topological polar surface area (TPSA) is 37.4 Å². The summed E-state index contributed by atoms with van der Waals surface area (Å²) >= 11 is 1.89. The molecule has 0 aromatic carbocycles. The van der Waals surface area contributed by atoms with Crippen molar-refractivity contribution in [1.29, 1.82) is 0 Å². The number of hydrogen-bond donors (Lipinski definition) is 1. The van der Waals surface area contributed by atoms with Gasteiger partial charge >= 0.3 is 0 Å². The molecule has 1 aliphatic heterocycles. The maximum Gasteiger partial charge on any atom is 0.0900 e. The fourth-order valence-corrected chi connectivity index (χ4v) is 5.71. The van der Waals surface area contributed by atoms with Crippen LogP contribution in [0.4, 0.5) is 0 Å². The Kier molecular flexibility index (Phi) is 5.88. The van der Waals surface area contributed by atoms with E-state index in [0.717, 1.165) is 26.2 Å². The molecule has 1 N–H and O–H groups in total. The number of thiazole rings is 1. The molecule has 0 atom stereocenters.